The van der Waals surface area contributed by atoms with E-state index in [0.717, 1.165) is 40.5 Å². The van der Waals surface area contributed by atoms with Crippen molar-refractivity contribution in [2.45, 2.75) is 30.8 Å². The average molecular weight is 399 g/mol. The minimum atomic E-state index is -0.0161. The Labute approximate surface area is 167 Å². The number of para-hydroxylation sites is 1. The Kier molecular flexibility index (Phi) is 5.76. The topological polar surface area (TPSA) is 42.4 Å². The Hall–Kier alpha value is -1.89. The van der Waals surface area contributed by atoms with Crippen molar-refractivity contribution in [1.82, 2.24) is 4.98 Å². The van der Waals surface area contributed by atoms with Crippen LogP contribution in [0.5, 0.6) is 0 Å². The third-order valence-corrected chi connectivity index (χ3v) is 6.53. The number of benzene rings is 2. The number of thioether (sulfide) groups is 1. The lowest BCUT2D eigenvalue weighted by molar-refractivity contribution is 0.0917. The predicted molar refractivity (Wildman–Crippen MR) is 113 cm³/mol. The maximum Gasteiger partial charge on any atom is 0.260 e. The van der Waals surface area contributed by atoms with Crippen LogP contribution in [0.2, 0.25) is 0 Å². The summed E-state index contributed by atoms with van der Waals surface area (Å²) in [6, 6.07) is 15.9. The highest BCUT2D eigenvalue weighted by Crippen LogP contribution is 2.31. The SMILES string of the molecule is CCSc1ccc(C(=O)N(CC2CCCO2)c2nc3ccccc3s2)cc1. The van der Waals surface area contributed by atoms with E-state index in [1.54, 1.807) is 28.0 Å². The van der Waals surface area contributed by atoms with Gasteiger partial charge in [-0.05, 0) is 55.0 Å². The van der Waals surface area contributed by atoms with Gasteiger partial charge in [0.2, 0.25) is 0 Å². The fourth-order valence-electron chi connectivity index (χ4n) is 3.23. The van der Waals surface area contributed by atoms with Crippen LogP contribution in [0.15, 0.2) is 53.4 Å². The maximum atomic E-state index is 13.3. The monoisotopic (exact) mass is 398 g/mol. The molecule has 0 N–H and O–H groups in total. The lowest BCUT2D eigenvalue weighted by atomic mass is 10.2. The van der Waals surface area contributed by atoms with Crippen LogP contribution in [0.25, 0.3) is 10.2 Å². The number of aromatic nitrogens is 1. The second-order valence-corrected chi connectivity index (χ2v) is 8.82. The molecule has 0 bridgehead atoms. The average Bonchev–Trinajstić information content (AvgIpc) is 3.35. The summed E-state index contributed by atoms with van der Waals surface area (Å²) in [6.45, 7) is 3.44. The summed E-state index contributed by atoms with van der Waals surface area (Å²) in [4.78, 5) is 21.0. The van der Waals surface area contributed by atoms with Gasteiger partial charge in [-0.2, -0.15) is 0 Å². The Morgan fingerprint density at radius 2 is 2.07 bits per heavy atom. The summed E-state index contributed by atoms with van der Waals surface area (Å²) in [6.07, 6.45) is 2.12. The molecule has 4 rings (SSSR count). The number of carbonyl (C=O) groups is 1. The second-order valence-electron chi connectivity index (χ2n) is 6.47. The van der Waals surface area contributed by atoms with Crippen LogP contribution in [0.1, 0.15) is 30.1 Å². The van der Waals surface area contributed by atoms with Gasteiger partial charge in [0.1, 0.15) is 0 Å². The molecule has 6 heteroatoms. The first-order valence-electron chi connectivity index (χ1n) is 9.26. The molecule has 1 aliphatic heterocycles. The van der Waals surface area contributed by atoms with Crippen LogP contribution in [0, 0.1) is 0 Å². The van der Waals surface area contributed by atoms with Crippen LogP contribution in [-0.4, -0.2) is 35.9 Å². The number of carbonyl (C=O) groups excluding carboxylic acids is 1. The molecule has 2 heterocycles. The number of hydrogen-bond acceptors (Lipinski definition) is 5. The molecule has 27 heavy (non-hydrogen) atoms. The first-order valence-corrected chi connectivity index (χ1v) is 11.1. The van der Waals surface area contributed by atoms with Crippen molar-refractivity contribution >= 4 is 44.4 Å². The number of fused-ring (bicyclic) bond motifs is 1. The van der Waals surface area contributed by atoms with Crippen LogP contribution in [-0.2, 0) is 4.74 Å². The molecule has 4 nitrogen and oxygen atoms in total. The summed E-state index contributed by atoms with van der Waals surface area (Å²) >= 11 is 3.33. The molecule has 1 atom stereocenters. The van der Waals surface area contributed by atoms with E-state index in [0.29, 0.717) is 12.1 Å². The highest BCUT2D eigenvalue weighted by Gasteiger charge is 2.27. The molecule has 1 amide bonds. The van der Waals surface area contributed by atoms with Gasteiger partial charge in [0.15, 0.2) is 5.13 Å². The number of ether oxygens (including phenoxy) is 1. The molecule has 0 aliphatic carbocycles. The van der Waals surface area contributed by atoms with Crippen LogP contribution in [0.4, 0.5) is 5.13 Å². The standard InChI is InChI=1S/C21H22N2O2S2/c1-2-26-17-11-9-15(10-12-17)20(24)23(14-16-6-5-13-25-16)21-22-18-7-3-4-8-19(18)27-21/h3-4,7-12,16H,2,5-6,13-14H2,1H3. The molecule has 0 spiro atoms. The quantitative estimate of drug-likeness (QED) is 0.533. The van der Waals surface area contributed by atoms with Gasteiger partial charge in [-0.1, -0.05) is 30.4 Å². The minimum absolute atomic E-state index is 0.0161. The lowest BCUT2D eigenvalue weighted by Crippen LogP contribution is -2.37. The molecule has 1 aliphatic rings. The highest BCUT2D eigenvalue weighted by atomic mass is 32.2. The minimum Gasteiger partial charge on any atom is -0.376 e. The summed E-state index contributed by atoms with van der Waals surface area (Å²) < 4.78 is 6.89. The summed E-state index contributed by atoms with van der Waals surface area (Å²) in [7, 11) is 0. The molecule has 0 saturated carbocycles. The molecular weight excluding hydrogens is 376 g/mol. The van der Waals surface area contributed by atoms with Gasteiger partial charge in [-0.15, -0.1) is 11.8 Å². The van der Waals surface area contributed by atoms with Gasteiger partial charge in [0.25, 0.3) is 5.91 Å². The van der Waals surface area contributed by atoms with E-state index in [2.05, 4.69) is 6.92 Å². The molecule has 1 fully saturated rings. The third kappa shape index (κ3) is 4.18. The second kappa shape index (κ2) is 8.42. The number of hydrogen-bond donors (Lipinski definition) is 0. The van der Waals surface area contributed by atoms with Crippen molar-refractivity contribution in [1.29, 1.82) is 0 Å². The van der Waals surface area contributed by atoms with Crippen molar-refractivity contribution < 1.29 is 9.53 Å². The van der Waals surface area contributed by atoms with E-state index in [1.165, 1.54) is 4.90 Å². The molecule has 1 aromatic heterocycles. The number of amides is 1. The van der Waals surface area contributed by atoms with Gasteiger partial charge < -0.3 is 4.74 Å². The van der Waals surface area contributed by atoms with E-state index in [1.807, 2.05) is 48.5 Å². The van der Waals surface area contributed by atoms with Gasteiger partial charge in [0.05, 0.1) is 22.9 Å². The lowest BCUT2D eigenvalue weighted by Gasteiger charge is -2.23. The van der Waals surface area contributed by atoms with E-state index < -0.39 is 0 Å². The van der Waals surface area contributed by atoms with Crippen molar-refractivity contribution in [3.8, 4) is 0 Å². The van der Waals surface area contributed by atoms with Crippen molar-refractivity contribution in [3.05, 3.63) is 54.1 Å². The molecule has 140 valence electrons. The van der Waals surface area contributed by atoms with Gasteiger partial charge in [-0.3, -0.25) is 9.69 Å². The molecule has 0 radical (unpaired) electrons. The molecule has 1 unspecified atom stereocenters. The fraction of sp³-hybridized carbons (Fsp3) is 0.333. The highest BCUT2D eigenvalue weighted by molar-refractivity contribution is 7.99. The van der Waals surface area contributed by atoms with Crippen LogP contribution < -0.4 is 4.90 Å². The Morgan fingerprint density at radius 1 is 1.26 bits per heavy atom. The normalized spacial score (nSPS) is 16.7. The van der Waals surface area contributed by atoms with Crippen LogP contribution >= 0.6 is 23.1 Å². The fourth-order valence-corrected chi connectivity index (χ4v) is 4.87. The largest absolute Gasteiger partial charge is 0.376 e. The third-order valence-electron chi connectivity index (χ3n) is 4.58. The van der Waals surface area contributed by atoms with Crippen molar-refractivity contribution in [2.24, 2.45) is 0 Å². The Bertz CT molecular complexity index is 884. The number of thiazole rings is 1. The maximum absolute atomic E-state index is 13.3. The van der Waals surface area contributed by atoms with E-state index in [-0.39, 0.29) is 12.0 Å². The van der Waals surface area contributed by atoms with E-state index in [4.69, 9.17) is 9.72 Å². The van der Waals surface area contributed by atoms with E-state index >= 15 is 0 Å². The Morgan fingerprint density at radius 3 is 2.78 bits per heavy atom. The molecule has 3 aromatic rings. The number of anilines is 1. The zero-order chi connectivity index (χ0) is 18.6. The zero-order valence-electron chi connectivity index (χ0n) is 15.3. The smallest absolute Gasteiger partial charge is 0.260 e. The summed E-state index contributed by atoms with van der Waals surface area (Å²) in [5.41, 5.74) is 1.62. The number of rotatable bonds is 6. The van der Waals surface area contributed by atoms with Crippen molar-refractivity contribution in [2.75, 3.05) is 23.8 Å². The predicted octanol–water partition coefficient (Wildman–Crippen LogP) is 5.23. The molecule has 1 saturated heterocycles. The molecule has 2 aromatic carbocycles. The first kappa shape index (κ1) is 18.5. The summed E-state index contributed by atoms with van der Waals surface area (Å²) in [5, 5.41) is 0.740. The zero-order valence-corrected chi connectivity index (χ0v) is 16.9. The summed E-state index contributed by atoms with van der Waals surface area (Å²) in [5.74, 6) is 1.00. The Balaban J connectivity index is 1.64. The van der Waals surface area contributed by atoms with Gasteiger partial charge in [0, 0.05) is 17.1 Å². The van der Waals surface area contributed by atoms with Crippen molar-refractivity contribution in [3.63, 3.8) is 0 Å². The molecular formula is C21H22N2O2S2. The van der Waals surface area contributed by atoms with E-state index in [9.17, 15) is 4.79 Å². The number of nitrogens with zero attached hydrogens (tertiary/aromatic N) is 2. The van der Waals surface area contributed by atoms with Gasteiger partial charge >= 0.3 is 0 Å². The first-order chi connectivity index (χ1) is 13.2. The van der Waals surface area contributed by atoms with Gasteiger partial charge in [-0.25, -0.2) is 4.98 Å². The van der Waals surface area contributed by atoms with Crippen LogP contribution in [0.3, 0.4) is 0 Å².